The highest BCUT2D eigenvalue weighted by molar-refractivity contribution is 7.80. The molecule has 0 aromatic carbocycles. The zero-order valence-electron chi connectivity index (χ0n) is 50.5. The highest BCUT2D eigenvalue weighted by Crippen LogP contribution is 2.26. The fourth-order valence-electron chi connectivity index (χ4n) is 10.6. The third-order valence-corrected chi connectivity index (χ3v) is 16.0. The summed E-state index contributed by atoms with van der Waals surface area (Å²) in [5.41, 5.74) is 0. The van der Waals surface area contributed by atoms with Gasteiger partial charge in [0.05, 0.1) is 19.8 Å². The average molecular weight is 1130 g/mol. The maximum absolute atomic E-state index is 13.0. The van der Waals surface area contributed by atoms with Crippen LogP contribution >= 0.6 is 0 Å². The van der Waals surface area contributed by atoms with E-state index in [-0.39, 0.29) is 19.6 Å². The predicted octanol–water partition coefficient (Wildman–Crippen LogP) is 17.4. The van der Waals surface area contributed by atoms with Gasteiger partial charge in [0.2, 0.25) is 0 Å². The Hall–Kier alpha value is -1.42. The van der Waals surface area contributed by atoms with Gasteiger partial charge >= 0.3 is 16.4 Å². The Kier molecular flexibility index (Phi) is 53.6. The lowest BCUT2D eigenvalue weighted by Crippen LogP contribution is -2.60. The van der Waals surface area contributed by atoms with E-state index in [1.807, 2.05) is 0 Å². The number of carbonyl (C=O) groups excluding carboxylic acids is 1. The molecule has 0 bridgehead atoms. The molecule has 1 aliphatic rings. The van der Waals surface area contributed by atoms with Crippen molar-refractivity contribution in [2.24, 2.45) is 0 Å². The summed E-state index contributed by atoms with van der Waals surface area (Å²) in [6.45, 7) is 4.07. The molecule has 0 spiro atoms. The van der Waals surface area contributed by atoms with Crippen LogP contribution in [0, 0.1) is 0 Å². The van der Waals surface area contributed by atoms with E-state index in [2.05, 4.69) is 42.3 Å². The van der Waals surface area contributed by atoms with Gasteiger partial charge in [-0.25, -0.2) is 4.18 Å². The molecule has 0 saturated carbocycles. The minimum atomic E-state index is -5.07. The van der Waals surface area contributed by atoms with E-state index in [1.54, 1.807) is 0 Å². The van der Waals surface area contributed by atoms with Crippen molar-refractivity contribution in [1.82, 2.24) is 0 Å². The van der Waals surface area contributed by atoms with Crippen LogP contribution in [0.2, 0.25) is 0 Å². The van der Waals surface area contributed by atoms with Gasteiger partial charge in [-0.15, -0.1) is 0 Å². The summed E-state index contributed by atoms with van der Waals surface area (Å²) in [5.74, 6) is -0.391. The number of ether oxygens (including phenoxy) is 4. The van der Waals surface area contributed by atoms with Gasteiger partial charge in [0.25, 0.3) is 0 Å². The number of carbonyl (C=O) groups is 1. The molecule has 0 aromatic heterocycles. The van der Waals surface area contributed by atoms with Crippen LogP contribution in [0.15, 0.2) is 24.3 Å². The van der Waals surface area contributed by atoms with Crippen LogP contribution in [0.4, 0.5) is 0 Å². The Labute approximate surface area is 480 Å². The van der Waals surface area contributed by atoms with Crippen LogP contribution in [0.5, 0.6) is 0 Å². The number of rotatable bonds is 60. The molecular weight excluding hydrogens is 1000 g/mol. The molecule has 6 unspecified atom stereocenters. The van der Waals surface area contributed by atoms with Gasteiger partial charge in [0.1, 0.15) is 30.5 Å². The number of hydrogen-bond acceptors (Lipinski definition) is 11. The summed E-state index contributed by atoms with van der Waals surface area (Å²) in [7, 11) is -5.07. The highest BCUT2D eigenvalue weighted by atomic mass is 32.3. The zero-order valence-corrected chi connectivity index (χ0v) is 51.3. The minimum absolute atomic E-state index is 0.0411. The van der Waals surface area contributed by atoms with Crippen LogP contribution in [0.3, 0.4) is 0 Å². The Morgan fingerprint density at radius 1 is 0.474 bits per heavy atom. The first kappa shape index (κ1) is 74.6. The van der Waals surface area contributed by atoms with Crippen molar-refractivity contribution in [3.63, 3.8) is 0 Å². The number of unbranched alkanes of at least 4 members (excludes halogenated alkanes) is 43. The first-order valence-corrected chi connectivity index (χ1v) is 34.5. The van der Waals surface area contributed by atoms with E-state index in [1.165, 1.54) is 257 Å². The smallest absolute Gasteiger partial charge is 0.397 e. The van der Waals surface area contributed by atoms with Crippen LogP contribution < -0.4 is 0 Å². The molecule has 0 amide bonds. The summed E-state index contributed by atoms with van der Waals surface area (Å²) < 4.78 is 59.6. The summed E-state index contributed by atoms with van der Waals surface area (Å²) in [5, 5.41) is 30.9. The largest absolute Gasteiger partial charge is 0.457 e. The van der Waals surface area contributed by atoms with Gasteiger partial charge in [-0.05, 0) is 64.2 Å². The van der Waals surface area contributed by atoms with Gasteiger partial charge in [-0.2, -0.15) is 8.42 Å². The number of allylic oxidation sites excluding steroid dienone is 4. The van der Waals surface area contributed by atoms with E-state index in [4.69, 9.17) is 18.9 Å². The van der Waals surface area contributed by atoms with Gasteiger partial charge in [0.15, 0.2) is 6.29 Å². The van der Waals surface area contributed by atoms with E-state index >= 15 is 0 Å². The van der Waals surface area contributed by atoms with Gasteiger partial charge < -0.3 is 34.3 Å². The third-order valence-electron chi connectivity index (χ3n) is 15.5. The van der Waals surface area contributed by atoms with Crippen molar-refractivity contribution >= 4 is 16.4 Å². The van der Waals surface area contributed by atoms with Crippen molar-refractivity contribution in [3.05, 3.63) is 24.3 Å². The molecule has 462 valence electrons. The third kappa shape index (κ3) is 48.1. The molecular formula is C65H124O12S. The fourth-order valence-corrected chi connectivity index (χ4v) is 11.1. The van der Waals surface area contributed by atoms with Crippen LogP contribution in [-0.4, -0.2) is 97.5 Å². The van der Waals surface area contributed by atoms with E-state index in [0.717, 1.165) is 38.5 Å². The standard InChI is InChI=1S/C65H124O12S/c1-3-5-7-9-11-13-15-17-19-21-23-25-27-29-31-33-35-37-39-41-43-45-47-49-51-53-55-73-57-59(58-74-65-63(69)64(77-78(70,71)72)62(68)60(56-66)76-65)75-61(67)54-52-50-48-46-44-42-40-38-36-34-32-30-28-26-24-22-20-18-16-14-12-10-8-6-4-2/h21-24,59-60,62-66,68-69H,3-20,25-58H2,1-2H3,(H,70,71,72)/b23-21-,24-22-. The SMILES string of the molecule is CCCCCCCCCC/C=C\CCCCCCCCCCCCCCCCOCC(COC1OC(CO)C(O)C(OS(=O)(=O)O)C1O)OC(=O)CCCCCCCCCCCCCCC/C=C\CCCCCCCCCC. The first-order valence-electron chi connectivity index (χ1n) is 33.1. The molecule has 1 fully saturated rings. The molecule has 0 aromatic rings. The molecule has 12 nitrogen and oxygen atoms in total. The topological polar surface area (TPSA) is 178 Å². The number of hydrogen-bond donors (Lipinski definition) is 4. The van der Waals surface area contributed by atoms with Crippen molar-refractivity contribution < 1.29 is 56.2 Å². The van der Waals surface area contributed by atoms with E-state index in [9.17, 15) is 33.1 Å². The van der Waals surface area contributed by atoms with Gasteiger partial charge in [-0.1, -0.05) is 276 Å². The highest BCUT2D eigenvalue weighted by Gasteiger charge is 2.48. The lowest BCUT2D eigenvalue weighted by Gasteiger charge is -2.41. The number of aliphatic hydroxyl groups is 3. The molecule has 1 rings (SSSR count). The number of esters is 1. The van der Waals surface area contributed by atoms with Crippen LogP contribution in [0.1, 0.15) is 322 Å². The fraction of sp³-hybridized carbons (Fsp3) is 0.923. The number of aliphatic hydroxyl groups excluding tert-OH is 3. The maximum Gasteiger partial charge on any atom is 0.397 e. The summed E-state index contributed by atoms with van der Waals surface area (Å²) in [6.07, 6.45) is 60.9. The second-order valence-corrected chi connectivity index (χ2v) is 24.1. The molecule has 4 N–H and O–H groups in total. The molecule has 6 atom stereocenters. The second kappa shape index (κ2) is 56.1. The van der Waals surface area contributed by atoms with Crippen molar-refractivity contribution in [2.45, 2.75) is 359 Å². The molecule has 1 saturated heterocycles. The molecule has 78 heavy (non-hydrogen) atoms. The Morgan fingerprint density at radius 3 is 1.15 bits per heavy atom. The van der Waals surface area contributed by atoms with Crippen LogP contribution in [0.25, 0.3) is 0 Å². The average Bonchev–Trinajstić information content (AvgIpc) is 3.42. The Balaban J connectivity index is 2.22. The maximum atomic E-state index is 13.0. The van der Waals surface area contributed by atoms with E-state index < -0.39 is 59.8 Å². The summed E-state index contributed by atoms with van der Waals surface area (Å²) in [6, 6.07) is 0. The van der Waals surface area contributed by atoms with Gasteiger partial charge in [0, 0.05) is 13.0 Å². The van der Waals surface area contributed by atoms with E-state index in [0.29, 0.717) is 13.0 Å². The second-order valence-electron chi connectivity index (χ2n) is 23.1. The monoisotopic (exact) mass is 1130 g/mol. The minimum Gasteiger partial charge on any atom is -0.457 e. The normalized spacial score (nSPS) is 18.5. The molecule has 13 heteroatoms. The summed E-state index contributed by atoms with van der Waals surface area (Å²) >= 11 is 0. The molecule has 0 radical (unpaired) electrons. The van der Waals surface area contributed by atoms with Crippen molar-refractivity contribution in [3.8, 4) is 0 Å². The first-order chi connectivity index (χ1) is 38.1. The van der Waals surface area contributed by atoms with Gasteiger partial charge in [-0.3, -0.25) is 9.35 Å². The molecule has 1 heterocycles. The Morgan fingerprint density at radius 2 is 0.808 bits per heavy atom. The molecule has 1 aliphatic heterocycles. The predicted molar refractivity (Wildman–Crippen MR) is 322 cm³/mol. The van der Waals surface area contributed by atoms with Crippen LogP contribution in [-0.2, 0) is 38.3 Å². The van der Waals surface area contributed by atoms with Crippen molar-refractivity contribution in [2.75, 3.05) is 26.4 Å². The quantitative estimate of drug-likeness (QED) is 0.0196. The molecule has 0 aliphatic carbocycles. The van der Waals surface area contributed by atoms with Crippen molar-refractivity contribution in [1.29, 1.82) is 0 Å². The lowest BCUT2D eigenvalue weighted by molar-refractivity contribution is -0.301. The Bertz CT molecular complexity index is 1440. The summed E-state index contributed by atoms with van der Waals surface area (Å²) in [4.78, 5) is 13.0. The lowest BCUT2D eigenvalue weighted by atomic mass is 9.99. The zero-order chi connectivity index (χ0) is 56.7.